The molecule has 1 heterocycles. The van der Waals surface area contributed by atoms with E-state index in [2.05, 4.69) is 4.99 Å². The van der Waals surface area contributed by atoms with E-state index in [1.165, 1.54) is 6.92 Å². The Hall–Kier alpha value is -2.63. The minimum atomic E-state index is -0.579. The first-order chi connectivity index (χ1) is 11.9. The van der Waals surface area contributed by atoms with E-state index in [1.54, 1.807) is 48.5 Å². The molecule has 126 valence electrons. The molecule has 25 heavy (non-hydrogen) atoms. The lowest BCUT2D eigenvalue weighted by atomic mass is 10.2. The number of rotatable bonds is 3. The minimum Gasteiger partial charge on any atom is -0.427 e. The molecule has 0 N–H and O–H groups in total. The van der Waals surface area contributed by atoms with Crippen LogP contribution in [0.15, 0.2) is 53.2 Å². The summed E-state index contributed by atoms with van der Waals surface area (Å²) in [5, 5.41) is 0.813. The van der Waals surface area contributed by atoms with E-state index in [9.17, 15) is 9.59 Å². The number of aliphatic imine (C=N–C) groups is 1. The van der Waals surface area contributed by atoms with Crippen LogP contribution < -0.4 is 4.74 Å². The second kappa shape index (κ2) is 7.09. The van der Waals surface area contributed by atoms with Gasteiger partial charge in [-0.25, -0.2) is 9.79 Å². The summed E-state index contributed by atoms with van der Waals surface area (Å²) in [6, 6.07) is 11.4. The van der Waals surface area contributed by atoms with Gasteiger partial charge in [-0.1, -0.05) is 35.3 Å². The molecule has 2 aromatic carbocycles. The Bertz CT molecular complexity index is 917. The smallest absolute Gasteiger partial charge is 0.363 e. The van der Waals surface area contributed by atoms with Crippen molar-refractivity contribution in [1.82, 2.24) is 0 Å². The molecule has 0 aliphatic carbocycles. The number of benzene rings is 2. The van der Waals surface area contributed by atoms with Gasteiger partial charge in [0.1, 0.15) is 5.75 Å². The lowest BCUT2D eigenvalue weighted by Crippen LogP contribution is -2.05. The average molecular weight is 376 g/mol. The Balaban J connectivity index is 1.86. The summed E-state index contributed by atoms with van der Waals surface area (Å²) in [4.78, 5) is 27.1. The molecule has 0 unspecified atom stereocenters. The van der Waals surface area contributed by atoms with Crippen LogP contribution >= 0.6 is 23.2 Å². The maximum atomic E-state index is 12.0. The quantitative estimate of drug-likeness (QED) is 0.456. The predicted molar refractivity (Wildman–Crippen MR) is 94.8 cm³/mol. The molecule has 3 rings (SSSR count). The molecule has 0 bridgehead atoms. The third-order valence-corrected chi connectivity index (χ3v) is 3.77. The second-order valence-electron chi connectivity index (χ2n) is 5.12. The van der Waals surface area contributed by atoms with Crippen LogP contribution in [0.25, 0.3) is 6.08 Å². The van der Waals surface area contributed by atoms with E-state index in [-0.39, 0.29) is 11.6 Å². The van der Waals surface area contributed by atoms with Crippen LogP contribution in [0.3, 0.4) is 0 Å². The van der Waals surface area contributed by atoms with Crippen LogP contribution in [-0.2, 0) is 14.3 Å². The standard InChI is InChI=1S/C18H11Cl2NO4/c1-10(22)24-13-5-2-11(3-6-13)8-16-18(23)25-17(21-16)14-7-4-12(19)9-15(14)20/h2-9H,1H3. The van der Waals surface area contributed by atoms with Gasteiger partial charge in [0, 0.05) is 11.9 Å². The number of carbonyl (C=O) groups is 2. The van der Waals surface area contributed by atoms with E-state index in [0.29, 0.717) is 26.9 Å². The fourth-order valence-corrected chi connectivity index (χ4v) is 2.63. The Morgan fingerprint density at radius 2 is 1.88 bits per heavy atom. The molecule has 7 heteroatoms. The van der Waals surface area contributed by atoms with Crippen molar-refractivity contribution in [1.29, 1.82) is 0 Å². The highest BCUT2D eigenvalue weighted by Gasteiger charge is 2.25. The zero-order chi connectivity index (χ0) is 18.0. The number of esters is 2. The maximum Gasteiger partial charge on any atom is 0.363 e. The van der Waals surface area contributed by atoms with Gasteiger partial charge in [0.05, 0.1) is 10.6 Å². The van der Waals surface area contributed by atoms with Crippen molar-refractivity contribution in [2.45, 2.75) is 6.92 Å². The molecule has 0 aromatic heterocycles. The fourth-order valence-electron chi connectivity index (χ4n) is 2.14. The van der Waals surface area contributed by atoms with E-state index in [0.717, 1.165) is 0 Å². The van der Waals surface area contributed by atoms with Gasteiger partial charge >= 0.3 is 11.9 Å². The maximum absolute atomic E-state index is 12.0. The van der Waals surface area contributed by atoms with Gasteiger partial charge in [-0.2, -0.15) is 0 Å². The Morgan fingerprint density at radius 1 is 1.16 bits per heavy atom. The first-order valence-electron chi connectivity index (χ1n) is 7.19. The summed E-state index contributed by atoms with van der Waals surface area (Å²) >= 11 is 12.0. The van der Waals surface area contributed by atoms with Crippen LogP contribution in [-0.4, -0.2) is 17.8 Å². The summed E-state index contributed by atoms with van der Waals surface area (Å²) < 4.78 is 10.1. The molecule has 0 fully saturated rings. The zero-order valence-corrected chi connectivity index (χ0v) is 14.5. The van der Waals surface area contributed by atoms with Crippen molar-refractivity contribution >= 4 is 47.1 Å². The molecular formula is C18H11Cl2NO4. The third-order valence-electron chi connectivity index (χ3n) is 3.23. The van der Waals surface area contributed by atoms with E-state index >= 15 is 0 Å². The molecule has 5 nitrogen and oxygen atoms in total. The van der Waals surface area contributed by atoms with Crippen molar-refractivity contribution in [3.63, 3.8) is 0 Å². The lowest BCUT2D eigenvalue weighted by Gasteiger charge is -2.02. The Morgan fingerprint density at radius 3 is 2.52 bits per heavy atom. The van der Waals surface area contributed by atoms with Gasteiger partial charge in [0.15, 0.2) is 5.70 Å². The SMILES string of the molecule is CC(=O)Oc1ccc(C=C2N=C(c3ccc(Cl)cc3Cl)OC2=O)cc1. The van der Waals surface area contributed by atoms with Crippen molar-refractivity contribution < 1.29 is 19.1 Å². The molecule has 0 spiro atoms. The van der Waals surface area contributed by atoms with Gasteiger partial charge in [-0.15, -0.1) is 0 Å². The highest BCUT2D eigenvalue weighted by Crippen LogP contribution is 2.26. The summed E-state index contributed by atoms with van der Waals surface area (Å²) in [6.45, 7) is 1.32. The number of hydrogen-bond donors (Lipinski definition) is 0. The summed E-state index contributed by atoms with van der Waals surface area (Å²) in [7, 11) is 0. The summed E-state index contributed by atoms with van der Waals surface area (Å²) in [5.74, 6) is -0.445. The van der Waals surface area contributed by atoms with Crippen LogP contribution in [0, 0.1) is 0 Å². The number of ether oxygens (including phenoxy) is 2. The normalized spacial score (nSPS) is 15.1. The van der Waals surface area contributed by atoms with Crippen molar-refractivity contribution in [3.05, 3.63) is 69.3 Å². The van der Waals surface area contributed by atoms with Crippen molar-refractivity contribution in [2.75, 3.05) is 0 Å². The van der Waals surface area contributed by atoms with Crippen LogP contribution in [0.2, 0.25) is 10.0 Å². The fraction of sp³-hybridized carbons (Fsp3) is 0.0556. The monoisotopic (exact) mass is 375 g/mol. The first-order valence-corrected chi connectivity index (χ1v) is 7.94. The number of carbonyl (C=O) groups excluding carboxylic acids is 2. The molecule has 0 atom stereocenters. The van der Waals surface area contributed by atoms with E-state index in [4.69, 9.17) is 32.7 Å². The number of halogens is 2. The minimum absolute atomic E-state index is 0.120. The van der Waals surface area contributed by atoms with Crippen molar-refractivity contribution in [3.8, 4) is 5.75 Å². The van der Waals surface area contributed by atoms with Gasteiger partial charge in [0.2, 0.25) is 5.90 Å². The molecule has 2 aromatic rings. The van der Waals surface area contributed by atoms with E-state index in [1.807, 2.05) is 0 Å². The van der Waals surface area contributed by atoms with Gasteiger partial charge in [-0.3, -0.25) is 4.79 Å². The molecule has 0 saturated carbocycles. The summed E-state index contributed by atoms with van der Waals surface area (Å²) in [5.41, 5.74) is 1.32. The number of hydrogen-bond acceptors (Lipinski definition) is 5. The Labute approximate surface area is 153 Å². The van der Waals surface area contributed by atoms with Gasteiger partial charge in [0.25, 0.3) is 0 Å². The molecule has 1 aliphatic heterocycles. The van der Waals surface area contributed by atoms with Crippen LogP contribution in [0.1, 0.15) is 18.1 Å². The molecule has 0 saturated heterocycles. The number of nitrogens with zero attached hydrogens (tertiary/aromatic N) is 1. The third kappa shape index (κ3) is 4.07. The average Bonchev–Trinajstić information content (AvgIpc) is 2.89. The first kappa shape index (κ1) is 17.2. The lowest BCUT2D eigenvalue weighted by molar-refractivity contribution is -0.132. The topological polar surface area (TPSA) is 65.0 Å². The highest BCUT2D eigenvalue weighted by atomic mass is 35.5. The molecule has 0 radical (unpaired) electrons. The predicted octanol–water partition coefficient (Wildman–Crippen LogP) is 4.26. The second-order valence-corrected chi connectivity index (χ2v) is 5.97. The van der Waals surface area contributed by atoms with Gasteiger partial charge in [-0.05, 0) is 42.0 Å². The largest absolute Gasteiger partial charge is 0.427 e. The molecule has 0 amide bonds. The highest BCUT2D eigenvalue weighted by molar-refractivity contribution is 6.37. The molecule has 1 aliphatic rings. The van der Waals surface area contributed by atoms with Crippen LogP contribution in [0.5, 0.6) is 5.75 Å². The van der Waals surface area contributed by atoms with Crippen LogP contribution in [0.4, 0.5) is 0 Å². The molecular weight excluding hydrogens is 365 g/mol. The Kier molecular flexibility index (Phi) is 4.88. The zero-order valence-electron chi connectivity index (χ0n) is 13.0. The summed E-state index contributed by atoms with van der Waals surface area (Å²) in [6.07, 6.45) is 1.57. The van der Waals surface area contributed by atoms with Crippen molar-refractivity contribution in [2.24, 2.45) is 4.99 Å². The van der Waals surface area contributed by atoms with Gasteiger partial charge < -0.3 is 9.47 Å². The van der Waals surface area contributed by atoms with E-state index < -0.39 is 11.9 Å². The number of cyclic esters (lactones) is 1.